The van der Waals surface area contributed by atoms with Gasteiger partial charge >= 0.3 is 0 Å². The molecule has 2 heteroatoms. The average Bonchev–Trinajstić information content (AvgIpc) is 3.33. The maximum Gasteiger partial charge on any atom is 0.119 e. The largest absolute Gasteiger partial charge is 0.495 e. The first-order chi connectivity index (χ1) is 9.70. The Labute approximate surface area is 121 Å². The molecule has 2 fully saturated rings. The lowest BCUT2D eigenvalue weighted by Crippen LogP contribution is -1.95. The van der Waals surface area contributed by atoms with Crippen LogP contribution in [0.2, 0.25) is 0 Å². The summed E-state index contributed by atoms with van der Waals surface area (Å²) in [6.45, 7) is 4.15. The molecule has 0 saturated heterocycles. The van der Waals surface area contributed by atoms with Gasteiger partial charge in [-0.3, -0.25) is 0 Å². The summed E-state index contributed by atoms with van der Waals surface area (Å²) >= 11 is 0. The number of hydrogen-bond donors (Lipinski definition) is 0. The van der Waals surface area contributed by atoms with E-state index in [2.05, 4.69) is 43.3 Å². The van der Waals surface area contributed by atoms with E-state index in [-0.39, 0.29) is 0 Å². The van der Waals surface area contributed by atoms with E-state index in [1.54, 1.807) is 0 Å². The number of allylic oxidation sites excluding steroid dienone is 4. The molecule has 1 aromatic rings. The topological polar surface area (TPSA) is 18.5 Å². The first-order valence-corrected chi connectivity index (χ1v) is 7.49. The van der Waals surface area contributed by atoms with E-state index >= 15 is 0 Å². The van der Waals surface area contributed by atoms with E-state index in [4.69, 9.17) is 9.47 Å². The van der Waals surface area contributed by atoms with Gasteiger partial charge in [0, 0.05) is 0 Å². The van der Waals surface area contributed by atoms with Crippen LogP contribution in [-0.2, 0) is 4.74 Å². The zero-order chi connectivity index (χ0) is 13.9. The van der Waals surface area contributed by atoms with Crippen molar-refractivity contribution < 1.29 is 9.47 Å². The lowest BCUT2D eigenvalue weighted by atomic mass is 10.1. The second-order valence-electron chi connectivity index (χ2n) is 5.79. The maximum atomic E-state index is 5.76. The van der Waals surface area contributed by atoms with Gasteiger partial charge in [0.25, 0.3) is 0 Å². The second-order valence-corrected chi connectivity index (χ2v) is 5.79. The molecular formula is C18H22O2. The minimum absolute atomic E-state index is 0.461. The van der Waals surface area contributed by atoms with Crippen LogP contribution in [0, 0.1) is 0 Å². The maximum absolute atomic E-state index is 5.76. The zero-order valence-corrected chi connectivity index (χ0v) is 12.3. The molecule has 0 amide bonds. The predicted molar refractivity (Wildman–Crippen MR) is 81.6 cm³/mol. The van der Waals surface area contributed by atoms with Crippen LogP contribution in [0.15, 0.2) is 42.2 Å². The molecule has 106 valence electrons. The Balaban J connectivity index is 1.60. The number of benzene rings is 1. The van der Waals surface area contributed by atoms with Crippen LogP contribution < -0.4 is 4.74 Å². The highest BCUT2D eigenvalue weighted by Crippen LogP contribution is 2.28. The predicted octanol–water partition coefficient (Wildman–Crippen LogP) is 4.71. The fraction of sp³-hybridized carbons (Fsp3) is 0.444. The van der Waals surface area contributed by atoms with Gasteiger partial charge in [0.15, 0.2) is 0 Å². The summed E-state index contributed by atoms with van der Waals surface area (Å²) in [5, 5.41) is 0. The monoisotopic (exact) mass is 270 g/mol. The van der Waals surface area contributed by atoms with Crippen LogP contribution >= 0.6 is 0 Å². The zero-order valence-electron chi connectivity index (χ0n) is 12.3. The van der Waals surface area contributed by atoms with Gasteiger partial charge < -0.3 is 9.47 Å². The van der Waals surface area contributed by atoms with E-state index in [1.807, 2.05) is 6.92 Å². The minimum atomic E-state index is 0.461. The summed E-state index contributed by atoms with van der Waals surface area (Å²) in [6.07, 6.45) is 9.92. The molecule has 2 aliphatic rings. The van der Waals surface area contributed by atoms with Crippen LogP contribution in [0.25, 0.3) is 5.57 Å². The molecule has 0 heterocycles. The van der Waals surface area contributed by atoms with Gasteiger partial charge in [0.05, 0.1) is 18.0 Å². The van der Waals surface area contributed by atoms with Gasteiger partial charge in [-0.2, -0.15) is 0 Å². The first kappa shape index (κ1) is 13.3. The molecule has 2 saturated carbocycles. The number of rotatable bonds is 6. The van der Waals surface area contributed by atoms with Crippen molar-refractivity contribution in [1.82, 2.24) is 0 Å². The third kappa shape index (κ3) is 3.89. The Kier molecular flexibility index (Phi) is 3.81. The molecule has 3 rings (SSSR count). The summed E-state index contributed by atoms with van der Waals surface area (Å²) < 4.78 is 11.5. The van der Waals surface area contributed by atoms with Crippen LogP contribution in [0.4, 0.5) is 0 Å². The Morgan fingerprint density at radius 1 is 0.950 bits per heavy atom. The van der Waals surface area contributed by atoms with Gasteiger partial charge in [-0.1, -0.05) is 18.2 Å². The molecular weight excluding hydrogens is 248 g/mol. The van der Waals surface area contributed by atoms with Gasteiger partial charge in [0.2, 0.25) is 0 Å². The molecule has 1 aromatic carbocycles. The smallest absolute Gasteiger partial charge is 0.119 e. The SMILES string of the molecule is C/C(=C\C=C(/C)c1ccc(OC2CC2)cc1)OC1CC1. The lowest BCUT2D eigenvalue weighted by Gasteiger charge is -2.06. The fourth-order valence-corrected chi connectivity index (χ4v) is 2.00. The van der Waals surface area contributed by atoms with Gasteiger partial charge in [-0.25, -0.2) is 0 Å². The van der Waals surface area contributed by atoms with Crippen LogP contribution in [-0.4, -0.2) is 12.2 Å². The van der Waals surface area contributed by atoms with Crippen LogP contribution in [0.1, 0.15) is 45.1 Å². The molecule has 0 spiro atoms. The Morgan fingerprint density at radius 3 is 2.20 bits per heavy atom. The standard InChI is InChI=1S/C18H22O2/c1-13(3-4-14(2)19-16-9-10-16)15-5-7-17(8-6-15)20-18-11-12-18/h3-8,16,18H,9-12H2,1-2H3/b13-3+,14-4+. The minimum Gasteiger partial charge on any atom is -0.495 e. The number of hydrogen-bond acceptors (Lipinski definition) is 2. The van der Waals surface area contributed by atoms with Crippen LogP contribution in [0.3, 0.4) is 0 Å². The molecule has 0 atom stereocenters. The molecule has 2 aliphatic carbocycles. The quantitative estimate of drug-likeness (QED) is 0.550. The molecule has 0 aliphatic heterocycles. The molecule has 0 unspecified atom stereocenters. The van der Waals surface area contributed by atoms with Gasteiger partial charge in [0.1, 0.15) is 5.75 Å². The van der Waals surface area contributed by atoms with Crippen LogP contribution in [0.5, 0.6) is 5.75 Å². The molecule has 2 nitrogen and oxygen atoms in total. The van der Waals surface area contributed by atoms with Crippen molar-refractivity contribution in [3.8, 4) is 5.75 Å². The van der Waals surface area contributed by atoms with Gasteiger partial charge in [-0.05, 0) is 68.9 Å². The average molecular weight is 270 g/mol. The van der Waals surface area contributed by atoms with E-state index in [0.29, 0.717) is 12.2 Å². The Morgan fingerprint density at radius 2 is 1.60 bits per heavy atom. The van der Waals surface area contributed by atoms with Crippen molar-refractivity contribution in [2.24, 2.45) is 0 Å². The highest BCUT2D eigenvalue weighted by Gasteiger charge is 2.23. The number of ether oxygens (including phenoxy) is 2. The van der Waals surface area contributed by atoms with E-state index in [9.17, 15) is 0 Å². The molecule has 0 aromatic heterocycles. The van der Waals surface area contributed by atoms with Crippen molar-refractivity contribution in [2.75, 3.05) is 0 Å². The molecule has 0 N–H and O–H groups in total. The van der Waals surface area contributed by atoms with Gasteiger partial charge in [-0.15, -0.1) is 0 Å². The van der Waals surface area contributed by atoms with E-state index in [0.717, 1.165) is 11.5 Å². The third-order valence-electron chi connectivity index (χ3n) is 3.58. The fourth-order valence-electron chi connectivity index (χ4n) is 2.00. The summed E-state index contributed by atoms with van der Waals surface area (Å²) in [5.74, 6) is 1.98. The second kappa shape index (κ2) is 5.74. The first-order valence-electron chi connectivity index (χ1n) is 7.49. The normalized spacial score (nSPS) is 19.9. The highest BCUT2D eigenvalue weighted by molar-refractivity contribution is 5.65. The summed E-state index contributed by atoms with van der Waals surface area (Å²) in [6, 6.07) is 8.35. The van der Waals surface area contributed by atoms with E-state index < -0.39 is 0 Å². The van der Waals surface area contributed by atoms with Crippen molar-refractivity contribution >= 4 is 5.57 Å². The van der Waals surface area contributed by atoms with E-state index in [1.165, 1.54) is 36.8 Å². The highest BCUT2D eigenvalue weighted by atomic mass is 16.5. The summed E-state index contributed by atoms with van der Waals surface area (Å²) in [4.78, 5) is 0. The Bertz CT molecular complexity index is 517. The van der Waals surface area contributed by atoms with Crippen molar-refractivity contribution in [2.45, 2.75) is 51.7 Å². The molecule has 0 radical (unpaired) electrons. The molecule has 0 bridgehead atoms. The van der Waals surface area contributed by atoms with Crippen molar-refractivity contribution in [1.29, 1.82) is 0 Å². The Hall–Kier alpha value is -1.70. The lowest BCUT2D eigenvalue weighted by molar-refractivity contribution is 0.199. The van der Waals surface area contributed by atoms with Crippen molar-refractivity contribution in [3.05, 3.63) is 47.7 Å². The summed E-state index contributed by atoms with van der Waals surface area (Å²) in [7, 11) is 0. The third-order valence-corrected chi connectivity index (χ3v) is 3.58. The van der Waals surface area contributed by atoms with Crippen molar-refractivity contribution in [3.63, 3.8) is 0 Å². The molecule has 20 heavy (non-hydrogen) atoms. The summed E-state index contributed by atoms with van der Waals surface area (Å²) in [5.41, 5.74) is 2.46.